The van der Waals surface area contributed by atoms with Crippen molar-refractivity contribution >= 4 is 18.0 Å². The van der Waals surface area contributed by atoms with E-state index in [-0.39, 0.29) is 17.9 Å². The van der Waals surface area contributed by atoms with Gasteiger partial charge in [-0.05, 0) is 44.6 Å². The van der Waals surface area contributed by atoms with Gasteiger partial charge in [0.1, 0.15) is 11.6 Å². The lowest BCUT2D eigenvalue weighted by Crippen LogP contribution is -2.57. The molecule has 2 aliphatic heterocycles. The van der Waals surface area contributed by atoms with E-state index in [0.717, 1.165) is 26.1 Å². The first kappa shape index (κ1) is 27.9. The lowest BCUT2D eigenvalue weighted by atomic mass is 9.85. The van der Waals surface area contributed by atoms with E-state index < -0.39 is 17.7 Å². The van der Waals surface area contributed by atoms with Crippen LogP contribution in [0.1, 0.15) is 60.3 Å². The van der Waals surface area contributed by atoms with Gasteiger partial charge in [-0.15, -0.1) is 0 Å². The van der Waals surface area contributed by atoms with Gasteiger partial charge < -0.3 is 24.6 Å². The summed E-state index contributed by atoms with van der Waals surface area (Å²) >= 11 is 0. The minimum atomic E-state index is -0.902. The molecule has 2 fully saturated rings. The van der Waals surface area contributed by atoms with Crippen LogP contribution in [0.2, 0.25) is 0 Å². The first-order valence-electron chi connectivity index (χ1n) is 12.4. The molecule has 0 bridgehead atoms. The molecule has 192 valence electrons. The van der Waals surface area contributed by atoms with Gasteiger partial charge in [0, 0.05) is 26.2 Å². The summed E-state index contributed by atoms with van der Waals surface area (Å²) < 4.78 is 10.5. The van der Waals surface area contributed by atoms with Crippen LogP contribution in [-0.2, 0) is 14.3 Å². The van der Waals surface area contributed by atoms with Crippen molar-refractivity contribution in [3.63, 3.8) is 0 Å². The molecule has 0 aromatic rings. The van der Waals surface area contributed by atoms with Crippen molar-refractivity contribution in [1.29, 1.82) is 5.26 Å². The highest BCUT2D eigenvalue weighted by atomic mass is 16.5. The maximum Gasteiger partial charge on any atom is 0.413 e. The van der Waals surface area contributed by atoms with Crippen molar-refractivity contribution in [2.24, 2.45) is 10.4 Å². The fourth-order valence-electron chi connectivity index (χ4n) is 4.21. The molecule has 0 unspecified atom stereocenters. The first-order chi connectivity index (χ1) is 16.1. The molecule has 0 aromatic carbocycles. The minimum Gasteiger partial charge on any atom is -0.450 e. The molecule has 2 amide bonds. The Morgan fingerprint density at radius 3 is 2.35 bits per heavy atom. The number of carbonyl (C=O) groups is 2. The summed E-state index contributed by atoms with van der Waals surface area (Å²) in [4.78, 5) is 34.7. The third kappa shape index (κ3) is 8.76. The molecule has 0 saturated carbocycles. The molecule has 2 aliphatic rings. The zero-order chi connectivity index (χ0) is 25.2. The standard InChI is InChI=1S/C24H42N6O4/c1-6-10-29-11-8-24(18-25,9-12-29)28-20(31)19(17-23(3,4)5)26-21(27-22(32)34-7-2)30-13-15-33-16-14-30/h19H,6-17H2,1-5H3,(H,28,31)(H,26,27,32)/t19-/m0/s1. The third-order valence-electron chi connectivity index (χ3n) is 6.01. The van der Waals surface area contributed by atoms with Crippen LogP contribution in [-0.4, -0.2) is 91.9 Å². The monoisotopic (exact) mass is 478 g/mol. The number of hydrogen-bond donors (Lipinski definition) is 2. The Bertz CT molecular complexity index is 744. The third-order valence-corrected chi connectivity index (χ3v) is 6.01. The van der Waals surface area contributed by atoms with Crippen molar-refractivity contribution in [3.8, 4) is 6.07 Å². The van der Waals surface area contributed by atoms with Crippen molar-refractivity contribution in [1.82, 2.24) is 20.4 Å². The topological polar surface area (TPSA) is 119 Å². The SMILES string of the molecule is CCCN1CCC(C#N)(NC(=O)[C@H](CC(C)(C)C)N=C(NC(=O)OCC)N2CCOCC2)CC1. The highest BCUT2D eigenvalue weighted by Crippen LogP contribution is 2.26. The van der Waals surface area contributed by atoms with Gasteiger partial charge in [-0.2, -0.15) is 5.26 Å². The van der Waals surface area contributed by atoms with Crippen LogP contribution < -0.4 is 10.6 Å². The van der Waals surface area contributed by atoms with E-state index in [1.165, 1.54) is 0 Å². The number of piperidine rings is 1. The number of nitrogens with zero attached hydrogens (tertiary/aromatic N) is 4. The summed E-state index contributed by atoms with van der Waals surface area (Å²) in [6.45, 7) is 14.9. The zero-order valence-electron chi connectivity index (χ0n) is 21.5. The van der Waals surface area contributed by atoms with Crippen molar-refractivity contribution in [2.75, 3.05) is 52.5 Å². The molecule has 0 spiro atoms. The molecule has 10 heteroatoms. The van der Waals surface area contributed by atoms with Crippen LogP contribution in [0.15, 0.2) is 4.99 Å². The molecular weight excluding hydrogens is 436 g/mol. The summed E-state index contributed by atoms with van der Waals surface area (Å²) in [6.07, 6.45) is 2.07. The average molecular weight is 479 g/mol. The highest BCUT2D eigenvalue weighted by molar-refractivity contribution is 5.96. The Labute approximate surface area is 204 Å². The van der Waals surface area contributed by atoms with Gasteiger partial charge >= 0.3 is 6.09 Å². The predicted molar refractivity (Wildman–Crippen MR) is 130 cm³/mol. The van der Waals surface area contributed by atoms with Crippen LogP contribution >= 0.6 is 0 Å². The Morgan fingerprint density at radius 1 is 1.18 bits per heavy atom. The van der Waals surface area contributed by atoms with Crippen molar-refractivity contribution in [3.05, 3.63) is 0 Å². The van der Waals surface area contributed by atoms with Gasteiger partial charge in [-0.1, -0.05) is 27.7 Å². The Hall–Kier alpha value is -2.38. The number of amides is 2. The molecular formula is C24H42N6O4. The predicted octanol–water partition coefficient (Wildman–Crippen LogP) is 2.11. The number of alkyl carbamates (subject to hydrolysis) is 1. The number of likely N-dealkylation sites (tertiary alicyclic amines) is 1. The number of nitriles is 1. The Morgan fingerprint density at radius 2 is 1.82 bits per heavy atom. The van der Waals surface area contributed by atoms with E-state index in [9.17, 15) is 14.9 Å². The largest absolute Gasteiger partial charge is 0.450 e. The number of guanidine groups is 1. The van der Waals surface area contributed by atoms with Crippen LogP contribution in [0.25, 0.3) is 0 Å². The zero-order valence-corrected chi connectivity index (χ0v) is 21.5. The molecule has 0 radical (unpaired) electrons. The minimum absolute atomic E-state index is 0.199. The summed E-state index contributed by atoms with van der Waals surface area (Å²) in [6, 6.07) is 1.61. The molecule has 10 nitrogen and oxygen atoms in total. The average Bonchev–Trinajstić information content (AvgIpc) is 2.79. The fraction of sp³-hybridized carbons (Fsp3) is 0.833. The van der Waals surface area contributed by atoms with E-state index in [1.54, 1.807) is 6.92 Å². The normalized spacial score (nSPS) is 20.2. The lowest BCUT2D eigenvalue weighted by Gasteiger charge is -2.38. The number of ether oxygens (including phenoxy) is 2. The van der Waals surface area contributed by atoms with Crippen LogP contribution in [0, 0.1) is 16.7 Å². The number of nitrogens with one attached hydrogen (secondary N) is 2. The van der Waals surface area contributed by atoms with E-state index in [2.05, 4.69) is 28.5 Å². The second-order valence-corrected chi connectivity index (χ2v) is 10.2. The summed E-state index contributed by atoms with van der Waals surface area (Å²) in [5.41, 5.74) is -1.10. The molecule has 0 aliphatic carbocycles. The smallest absolute Gasteiger partial charge is 0.413 e. The molecule has 2 saturated heterocycles. The second kappa shape index (κ2) is 12.9. The number of aliphatic imine (C=N–C) groups is 1. The highest BCUT2D eigenvalue weighted by Gasteiger charge is 2.38. The van der Waals surface area contributed by atoms with Crippen molar-refractivity contribution < 1.29 is 19.1 Å². The lowest BCUT2D eigenvalue weighted by molar-refractivity contribution is -0.124. The summed E-state index contributed by atoms with van der Waals surface area (Å²) in [5.74, 6) is 0.00626. The van der Waals surface area contributed by atoms with E-state index >= 15 is 0 Å². The van der Waals surface area contributed by atoms with E-state index in [1.807, 2.05) is 25.7 Å². The van der Waals surface area contributed by atoms with Gasteiger partial charge in [0.2, 0.25) is 11.9 Å². The number of carbonyl (C=O) groups excluding carboxylic acids is 2. The van der Waals surface area contributed by atoms with Gasteiger partial charge in [0.25, 0.3) is 0 Å². The molecule has 0 aromatic heterocycles. The van der Waals surface area contributed by atoms with Crippen LogP contribution in [0.5, 0.6) is 0 Å². The first-order valence-corrected chi connectivity index (χ1v) is 12.4. The van der Waals surface area contributed by atoms with Crippen LogP contribution in [0.4, 0.5) is 4.79 Å². The van der Waals surface area contributed by atoms with Crippen LogP contribution in [0.3, 0.4) is 0 Å². The van der Waals surface area contributed by atoms with Gasteiger partial charge in [-0.3, -0.25) is 10.1 Å². The van der Waals surface area contributed by atoms with E-state index in [0.29, 0.717) is 51.5 Å². The molecule has 1 atom stereocenters. The molecule has 34 heavy (non-hydrogen) atoms. The maximum absolute atomic E-state index is 13.5. The Balaban J connectivity index is 2.26. The molecule has 2 heterocycles. The number of morpholine rings is 1. The molecule has 2 rings (SSSR count). The second-order valence-electron chi connectivity index (χ2n) is 10.2. The van der Waals surface area contributed by atoms with Gasteiger partial charge in [-0.25, -0.2) is 9.79 Å². The summed E-state index contributed by atoms with van der Waals surface area (Å²) in [5, 5.41) is 15.7. The maximum atomic E-state index is 13.5. The number of hydrogen-bond acceptors (Lipinski definition) is 7. The van der Waals surface area contributed by atoms with E-state index in [4.69, 9.17) is 14.5 Å². The van der Waals surface area contributed by atoms with Crippen molar-refractivity contribution in [2.45, 2.75) is 71.9 Å². The fourth-order valence-corrected chi connectivity index (χ4v) is 4.21. The van der Waals surface area contributed by atoms with Gasteiger partial charge in [0.05, 0.1) is 25.9 Å². The summed E-state index contributed by atoms with van der Waals surface area (Å²) in [7, 11) is 0. The quantitative estimate of drug-likeness (QED) is 0.425. The Kier molecular flexibility index (Phi) is 10.6. The van der Waals surface area contributed by atoms with Gasteiger partial charge in [0.15, 0.2) is 0 Å². The molecule has 2 N–H and O–H groups in total. The number of rotatable bonds is 7.